The first-order chi connectivity index (χ1) is 10.8. The highest BCUT2D eigenvalue weighted by Gasteiger charge is 2.30. The molecule has 0 spiro atoms. The van der Waals surface area contributed by atoms with Crippen LogP contribution in [0, 0.1) is 11.3 Å². The molecule has 0 radical (unpaired) electrons. The molecule has 0 saturated heterocycles. The summed E-state index contributed by atoms with van der Waals surface area (Å²) < 4.78 is 0. The highest BCUT2D eigenvalue weighted by Crippen LogP contribution is 2.32. The predicted molar refractivity (Wildman–Crippen MR) is 80.5 cm³/mol. The fourth-order valence-electron chi connectivity index (χ4n) is 1.88. The number of anilines is 1. The molecule has 1 aliphatic heterocycles. The Kier molecular flexibility index (Phi) is 4.24. The maximum Gasteiger partial charge on any atom is 0.276 e. The van der Waals surface area contributed by atoms with Crippen LogP contribution in [-0.4, -0.2) is 41.8 Å². The Labute approximate surface area is 135 Å². The third-order valence-electron chi connectivity index (χ3n) is 3.01. The van der Waals surface area contributed by atoms with Crippen LogP contribution in [-0.2, 0) is 9.59 Å². The minimum absolute atomic E-state index is 0.0805. The van der Waals surface area contributed by atoms with E-state index in [2.05, 4.69) is 5.32 Å². The normalized spacial score (nSPS) is 13.7. The summed E-state index contributed by atoms with van der Waals surface area (Å²) in [5.41, 5.74) is -0.410. The van der Waals surface area contributed by atoms with Crippen LogP contribution in [0.1, 0.15) is 15.9 Å². The largest absolute Gasteiger partial charge is 0.505 e. The number of imide groups is 1. The summed E-state index contributed by atoms with van der Waals surface area (Å²) in [7, 11) is 2.97. The quantitative estimate of drug-likeness (QED) is 0.546. The third kappa shape index (κ3) is 2.95. The summed E-state index contributed by atoms with van der Waals surface area (Å²) in [6.07, 6.45) is 0. The van der Waals surface area contributed by atoms with Crippen LogP contribution in [0.15, 0.2) is 22.9 Å². The lowest BCUT2D eigenvalue weighted by molar-refractivity contribution is -0.123. The van der Waals surface area contributed by atoms with Crippen molar-refractivity contribution in [2.24, 2.45) is 0 Å². The van der Waals surface area contributed by atoms with Gasteiger partial charge in [0.1, 0.15) is 10.7 Å². The molecule has 0 unspecified atom stereocenters. The van der Waals surface area contributed by atoms with Gasteiger partial charge in [0.25, 0.3) is 17.7 Å². The van der Waals surface area contributed by atoms with Gasteiger partial charge >= 0.3 is 0 Å². The van der Waals surface area contributed by atoms with Crippen LogP contribution in [0.25, 0.3) is 0 Å². The second kappa shape index (κ2) is 5.98. The molecule has 3 N–H and O–H groups in total. The van der Waals surface area contributed by atoms with Gasteiger partial charge in [-0.25, -0.2) is 0 Å². The third-order valence-corrected chi connectivity index (χ3v) is 3.37. The molecular formula is C14H11ClN4O4. The van der Waals surface area contributed by atoms with Gasteiger partial charge in [0, 0.05) is 14.1 Å². The number of phenolic OH excluding ortho intramolecular Hbond substituents is 1. The number of carbonyl (C=O) groups excluding carboxylic acids is 3. The monoisotopic (exact) mass is 334 g/mol. The first-order valence-corrected chi connectivity index (χ1v) is 6.65. The van der Waals surface area contributed by atoms with Crippen LogP contribution >= 0.6 is 11.6 Å². The van der Waals surface area contributed by atoms with E-state index in [0.717, 1.165) is 0 Å². The number of nitriles is 1. The Balaban J connectivity index is 2.54. The lowest BCUT2D eigenvalue weighted by Gasteiger charge is -2.15. The number of nitrogens with zero attached hydrogens (tertiary/aromatic N) is 2. The lowest BCUT2D eigenvalue weighted by Crippen LogP contribution is -2.24. The van der Waals surface area contributed by atoms with Crippen molar-refractivity contribution in [2.75, 3.05) is 19.4 Å². The van der Waals surface area contributed by atoms with E-state index >= 15 is 0 Å². The topological polar surface area (TPSA) is 123 Å². The number of halogens is 1. The van der Waals surface area contributed by atoms with Crippen molar-refractivity contribution >= 4 is 35.0 Å². The highest BCUT2D eigenvalue weighted by molar-refractivity contribution is 6.48. The summed E-state index contributed by atoms with van der Waals surface area (Å²) in [5.74, 6) is -2.55. The fourth-order valence-corrected chi connectivity index (χ4v) is 2.06. The Morgan fingerprint density at radius 3 is 2.48 bits per heavy atom. The smallest absolute Gasteiger partial charge is 0.276 e. The molecule has 0 bridgehead atoms. The lowest BCUT2D eigenvalue weighted by atomic mass is 10.1. The number of nitrogens with one attached hydrogen (secondary N) is 2. The van der Waals surface area contributed by atoms with Crippen molar-refractivity contribution in [3.05, 3.63) is 34.0 Å². The van der Waals surface area contributed by atoms with E-state index in [-0.39, 0.29) is 27.5 Å². The number of rotatable bonds is 3. The number of hydrogen-bond donors (Lipinski definition) is 3. The first-order valence-electron chi connectivity index (χ1n) is 6.27. The van der Waals surface area contributed by atoms with Gasteiger partial charge in [0.2, 0.25) is 0 Å². The molecule has 0 fully saturated rings. The molecule has 0 saturated carbocycles. The van der Waals surface area contributed by atoms with Gasteiger partial charge in [-0.15, -0.1) is 0 Å². The zero-order valence-corrected chi connectivity index (χ0v) is 12.9. The molecular weight excluding hydrogens is 324 g/mol. The SMILES string of the molecule is CN(C)C(=O)c1cc(C#N)cc(NC2=C(Cl)C(=O)NC2=O)c1O. The van der Waals surface area contributed by atoms with Crippen molar-refractivity contribution < 1.29 is 19.5 Å². The van der Waals surface area contributed by atoms with E-state index in [9.17, 15) is 19.5 Å². The molecule has 0 aromatic heterocycles. The molecule has 1 aromatic carbocycles. The van der Waals surface area contributed by atoms with E-state index in [1.807, 2.05) is 11.4 Å². The number of aromatic hydroxyl groups is 1. The van der Waals surface area contributed by atoms with Crippen LogP contribution in [0.2, 0.25) is 0 Å². The zero-order chi connectivity index (χ0) is 17.3. The summed E-state index contributed by atoms with van der Waals surface area (Å²) in [5, 5.41) is 23.4. The molecule has 3 amide bonds. The van der Waals surface area contributed by atoms with Crippen molar-refractivity contribution in [1.29, 1.82) is 5.26 Å². The number of phenols is 1. The van der Waals surface area contributed by atoms with Crippen LogP contribution in [0.3, 0.4) is 0 Å². The minimum Gasteiger partial charge on any atom is -0.505 e. The average Bonchev–Trinajstić information content (AvgIpc) is 2.74. The van der Waals surface area contributed by atoms with Gasteiger partial charge in [0.15, 0.2) is 5.75 Å². The second-order valence-corrected chi connectivity index (χ2v) is 5.21. The van der Waals surface area contributed by atoms with Gasteiger partial charge in [-0.05, 0) is 12.1 Å². The van der Waals surface area contributed by atoms with Crippen molar-refractivity contribution in [3.63, 3.8) is 0 Å². The predicted octanol–water partition coefficient (Wildman–Crippen LogP) is 0.484. The van der Waals surface area contributed by atoms with E-state index in [1.165, 1.54) is 31.1 Å². The molecule has 2 rings (SSSR count). The summed E-state index contributed by atoms with van der Waals surface area (Å²) in [4.78, 5) is 36.2. The van der Waals surface area contributed by atoms with Gasteiger partial charge in [-0.1, -0.05) is 11.6 Å². The number of amides is 3. The van der Waals surface area contributed by atoms with Crippen molar-refractivity contribution in [3.8, 4) is 11.8 Å². The van der Waals surface area contributed by atoms with Crippen molar-refractivity contribution in [2.45, 2.75) is 0 Å². The van der Waals surface area contributed by atoms with E-state index < -0.39 is 23.5 Å². The molecule has 0 atom stereocenters. The molecule has 118 valence electrons. The standard InChI is InChI=1S/C14H11ClN4O4/c1-19(2)14(23)7-3-6(5-16)4-8(11(7)20)17-10-9(15)12(21)18-13(10)22/h3-4,20H,1-2H3,(H2,17,18,21,22). The maximum absolute atomic E-state index is 12.1. The summed E-state index contributed by atoms with van der Waals surface area (Å²) in [6, 6.07) is 4.30. The fraction of sp³-hybridized carbons (Fsp3) is 0.143. The number of hydrogen-bond acceptors (Lipinski definition) is 6. The molecule has 9 heteroatoms. The van der Waals surface area contributed by atoms with Crippen LogP contribution in [0.4, 0.5) is 5.69 Å². The molecule has 1 aromatic rings. The minimum atomic E-state index is -0.778. The number of benzene rings is 1. The maximum atomic E-state index is 12.1. The molecule has 1 heterocycles. The van der Waals surface area contributed by atoms with Gasteiger partial charge in [-0.2, -0.15) is 5.26 Å². The van der Waals surface area contributed by atoms with Gasteiger partial charge in [0.05, 0.1) is 22.9 Å². The number of carbonyl (C=O) groups is 3. The molecule has 23 heavy (non-hydrogen) atoms. The summed E-state index contributed by atoms with van der Waals surface area (Å²) >= 11 is 5.71. The van der Waals surface area contributed by atoms with Crippen LogP contribution < -0.4 is 10.6 Å². The Morgan fingerprint density at radius 1 is 1.35 bits per heavy atom. The molecule has 0 aliphatic carbocycles. The van der Waals surface area contributed by atoms with Crippen molar-refractivity contribution in [1.82, 2.24) is 10.2 Å². The second-order valence-electron chi connectivity index (χ2n) is 4.83. The highest BCUT2D eigenvalue weighted by atomic mass is 35.5. The Bertz CT molecular complexity index is 808. The average molecular weight is 335 g/mol. The summed E-state index contributed by atoms with van der Waals surface area (Å²) in [6.45, 7) is 0. The van der Waals surface area contributed by atoms with Gasteiger partial charge in [-0.3, -0.25) is 19.7 Å². The van der Waals surface area contributed by atoms with E-state index in [1.54, 1.807) is 0 Å². The van der Waals surface area contributed by atoms with Gasteiger partial charge < -0.3 is 15.3 Å². The zero-order valence-electron chi connectivity index (χ0n) is 12.1. The Hall–Kier alpha value is -3.05. The Morgan fingerprint density at radius 2 is 2.00 bits per heavy atom. The van der Waals surface area contributed by atoms with Crippen LogP contribution in [0.5, 0.6) is 5.75 Å². The van der Waals surface area contributed by atoms with E-state index in [4.69, 9.17) is 16.9 Å². The van der Waals surface area contributed by atoms with E-state index in [0.29, 0.717) is 0 Å². The molecule has 8 nitrogen and oxygen atoms in total. The molecule has 1 aliphatic rings. The first kappa shape index (κ1) is 16.3.